The van der Waals surface area contributed by atoms with Crippen LogP contribution in [0.2, 0.25) is 0 Å². The summed E-state index contributed by atoms with van der Waals surface area (Å²) in [7, 11) is 0. The molecule has 10 aromatic carbocycles. The minimum Gasteiger partial charge on any atom is -0.309 e. The van der Waals surface area contributed by atoms with Gasteiger partial charge in [-0.1, -0.05) is 212 Å². The van der Waals surface area contributed by atoms with Gasteiger partial charge in [0.25, 0.3) is 0 Å². The van der Waals surface area contributed by atoms with Crippen molar-refractivity contribution in [3.8, 4) is 33.4 Å². The Morgan fingerprint density at radius 1 is 0.293 bits per heavy atom. The fourth-order valence-electron chi connectivity index (χ4n) is 9.66. The lowest BCUT2D eigenvalue weighted by Crippen LogP contribution is -2.28. The summed E-state index contributed by atoms with van der Waals surface area (Å²) in [5, 5.41) is 4.90. The zero-order valence-corrected chi connectivity index (χ0v) is 32.0. The summed E-state index contributed by atoms with van der Waals surface area (Å²) in [5.74, 6) is 0. The van der Waals surface area contributed by atoms with Gasteiger partial charge in [-0.2, -0.15) is 0 Å². The van der Waals surface area contributed by atoms with Gasteiger partial charge in [0.15, 0.2) is 0 Å². The average Bonchev–Trinajstić information content (AvgIpc) is 3.62. The maximum atomic E-state index is 2.56. The largest absolute Gasteiger partial charge is 0.309 e. The molecule has 0 radical (unpaired) electrons. The van der Waals surface area contributed by atoms with E-state index in [1.807, 2.05) is 0 Å². The molecule has 0 N–H and O–H groups in total. The van der Waals surface area contributed by atoms with Crippen molar-refractivity contribution in [3.63, 3.8) is 0 Å². The zero-order valence-electron chi connectivity index (χ0n) is 32.0. The second-order valence-electron chi connectivity index (χ2n) is 15.2. The number of rotatable bonds is 7. The molecule has 0 fully saturated rings. The summed E-state index contributed by atoms with van der Waals surface area (Å²) < 4.78 is 0. The highest BCUT2D eigenvalue weighted by Gasteiger charge is 2.47. The average molecular weight is 738 g/mol. The quantitative estimate of drug-likeness (QED) is 0.147. The van der Waals surface area contributed by atoms with Gasteiger partial charge < -0.3 is 4.90 Å². The van der Waals surface area contributed by atoms with Gasteiger partial charge in [-0.15, -0.1) is 0 Å². The van der Waals surface area contributed by atoms with E-state index in [1.165, 1.54) is 77.2 Å². The lowest BCUT2D eigenvalue weighted by Gasteiger charge is -2.35. The van der Waals surface area contributed by atoms with Crippen LogP contribution in [0.1, 0.15) is 22.3 Å². The highest BCUT2D eigenvalue weighted by atomic mass is 15.2. The molecule has 1 nitrogen and oxygen atoms in total. The molecule has 0 amide bonds. The first-order valence-electron chi connectivity index (χ1n) is 20.1. The van der Waals surface area contributed by atoms with Crippen molar-refractivity contribution in [1.82, 2.24) is 0 Å². The Hall–Kier alpha value is -7.48. The molecule has 0 unspecified atom stereocenters. The van der Waals surface area contributed by atoms with Crippen molar-refractivity contribution in [2.24, 2.45) is 0 Å². The molecule has 0 saturated heterocycles. The SMILES string of the molecule is c1ccc(-c2ccc(N(c3cccc4c3-c3ccccc3C4(c3ccccc3)c3ccccc3)c3cc4ccccc4c4ccccc34)c(-c3ccccc3)c2)cc1. The molecule has 1 aliphatic carbocycles. The Labute approximate surface area is 339 Å². The summed E-state index contributed by atoms with van der Waals surface area (Å²) in [6, 6.07) is 87.0. The van der Waals surface area contributed by atoms with Gasteiger partial charge in [-0.05, 0) is 84.9 Å². The second-order valence-corrected chi connectivity index (χ2v) is 15.2. The third kappa shape index (κ3) is 5.25. The fraction of sp³-hybridized carbons (Fsp3) is 0.0175. The highest BCUT2D eigenvalue weighted by molar-refractivity contribution is 6.16. The second kappa shape index (κ2) is 13.9. The van der Waals surface area contributed by atoms with E-state index in [0.29, 0.717) is 0 Å². The van der Waals surface area contributed by atoms with Gasteiger partial charge >= 0.3 is 0 Å². The number of hydrogen-bond donors (Lipinski definition) is 0. The Kier molecular flexibility index (Phi) is 8.12. The van der Waals surface area contributed by atoms with Crippen LogP contribution in [0.3, 0.4) is 0 Å². The molecule has 0 heterocycles. The molecule has 1 heteroatoms. The van der Waals surface area contributed by atoms with Crippen molar-refractivity contribution >= 4 is 38.6 Å². The molecule has 11 rings (SSSR count). The van der Waals surface area contributed by atoms with Crippen molar-refractivity contribution < 1.29 is 0 Å². The highest BCUT2D eigenvalue weighted by Crippen LogP contribution is 2.60. The summed E-state index contributed by atoms with van der Waals surface area (Å²) in [4.78, 5) is 2.56. The molecule has 0 aliphatic heterocycles. The number of benzene rings is 10. The minimum absolute atomic E-state index is 0.527. The number of anilines is 3. The molecule has 10 aromatic rings. The molecular formula is C57H39N. The van der Waals surface area contributed by atoms with Crippen molar-refractivity contribution in [2.45, 2.75) is 5.41 Å². The van der Waals surface area contributed by atoms with E-state index in [2.05, 4.69) is 241 Å². The van der Waals surface area contributed by atoms with E-state index < -0.39 is 5.41 Å². The van der Waals surface area contributed by atoms with Crippen LogP contribution in [0.15, 0.2) is 237 Å². The first kappa shape index (κ1) is 33.8. The topological polar surface area (TPSA) is 3.24 Å². The van der Waals surface area contributed by atoms with Gasteiger partial charge in [-0.25, -0.2) is 0 Å². The molecule has 0 bridgehead atoms. The fourth-order valence-corrected chi connectivity index (χ4v) is 9.66. The Bertz CT molecular complexity index is 3060. The predicted octanol–water partition coefficient (Wildman–Crippen LogP) is 15.2. The first-order valence-corrected chi connectivity index (χ1v) is 20.1. The maximum absolute atomic E-state index is 2.56. The van der Waals surface area contributed by atoms with E-state index in [9.17, 15) is 0 Å². The van der Waals surface area contributed by atoms with E-state index in [1.54, 1.807) is 0 Å². The lowest BCUT2D eigenvalue weighted by molar-refractivity contribution is 0.768. The predicted molar refractivity (Wildman–Crippen MR) is 244 cm³/mol. The van der Waals surface area contributed by atoms with E-state index >= 15 is 0 Å². The van der Waals surface area contributed by atoms with Gasteiger partial charge in [0.05, 0.1) is 22.5 Å². The van der Waals surface area contributed by atoms with E-state index in [4.69, 9.17) is 0 Å². The monoisotopic (exact) mass is 737 g/mol. The van der Waals surface area contributed by atoms with Gasteiger partial charge in [0, 0.05) is 16.5 Å². The molecule has 0 aromatic heterocycles. The molecule has 0 atom stereocenters. The van der Waals surface area contributed by atoms with E-state index in [0.717, 1.165) is 17.1 Å². The third-order valence-corrected chi connectivity index (χ3v) is 12.1. The lowest BCUT2D eigenvalue weighted by atomic mass is 9.68. The Balaban J connectivity index is 1.29. The summed E-state index contributed by atoms with van der Waals surface area (Å²) in [6.07, 6.45) is 0. The van der Waals surface area contributed by atoms with Crippen LogP contribution in [0.25, 0.3) is 54.9 Å². The molecule has 58 heavy (non-hydrogen) atoms. The van der Waals surface area contributed by atoms with Gasteiger partial charge in [0.2, 0.25) is 0 Å². The Morgan fingerprint density at radius 3 is 1.55 bits per heavy atom. The third-order valence-electron chi connectivity index (χ3n) is 12.1. The molecule has 272 valence electrons. The van der Waals surface area contributed by atoms with Crippen LogP contribution in [0.4, 0.5) is 17.1 Å². The van der Waals surface area contributed by atoms with Crippen LogP contribution < -0.4 is 4.90 Å². The summed E-state index contributed by atoms with van der Waals surface area (Å²) in [6.45, 7) is 0. The van der Waals surface area contributed by atoms with Crippen LogP contribution in [0.5, 0.6) is 0 Å². The number of nitrogens with zero attached hydrogens (tertiary/aromatic N) is 1. The van der Waals surface area contributed by atoms with Crippen LogP contribution in [-0.4, -0.2) is 0 Å². The minimum atomic E-state index is -0.527. The zero-order chi connectivity index (χ0) is 38.5. The first-order chi connectivity index (χ1) is 28.8. The van der Waals surface area contributed by atoms with Crippen LogP contribution in [-0.2, 0) is 5.41 Å². The maximum Gasteiger partial charge on any atom is 0.0714 e. The molecular weight excluding hydrogens is 699 g/mol. The standard InChI is InChI=1S/C57H39N/c1-5-20-40(21-6-1)42-36-37-53(50(38-42)41-22-7-2-8-23-41)58(55-39-43-24-13-14-29-46(43)47-30-15-16-31-48(47)55)54-35-19-34-52-56(54)49-32-17-18-33-51(49)57(52,44-25-9-3-10-26-44)45-27-11-4-12-28-45/h1-39H. The van der Waals surface area contributed by atoms with Gasteiger partial charge in [0.1, 0.15) is 0 Å². The van der Waals surface area contributed by atoms with Gasteiger partial charge in [-0.3, -0.25) is 0 Å². The number of hydrogen-bond acceptors (Lipinski definition) is 1. The van der Waals surface area contributed by atoms with Crippen molar-refractivity contribution in [2.75, 3.05) is 4.90 Å². The number of fused-ring (bicyclic) bond motifs is 6. The van der Waals surface area contributed by atoms with E-state index in [-0.39, 0.29) is 0 Å². The van der Waals surface area contributed by atoms with Crippen LogP contribution in [0, 0.1) is 0 Å². The molecule has 1 aliphatic rings. The molecule has 0 spiro atoms. The van der Waals surface area contributed by atoms with Crippen molar-refractivity contribution in [1.29, 1.82) is 0 Å². The molecule has 0 saturated carbocycles. The summed E-state index contributed by atoms with van der Waals surface area (Å²) >= 11 is 0. The normalized spacial score (nSPS) is 12.6. The van der Waals surface area contributed by atoms with Crippen molar-refractivity contribution in [3.05, 3.63) is 259 Å². The summed E-state index contributed by atoms with van der Waals surface area (Å²) in [5.41, 5.74) is 15.2. The van der Waals surface area contributed by atoms with Crippen LogP contribution >= 0.6 is 0 Å². The Morgan fingerprint density at radius 2 is 0.845 bits per heavy atom. The smallest absolute Gasteiger partial charge is 0.0714 e.